The average Bonchev–Trinajstić information content (AvgIpc) is 3.21. The summed E-state index contributed by atoms with van der Waals surface area (Å²) in [5.41, 5.74) is 5.65. The fourth-order valence-electron chi connectivity index (χ4n) is 3.53. The summed E-state index contributed by atoms with van der Waals surface area (Å²) in [6.45, 7) is 1.55. The summed E-state index contributed by atoms with van der Waals surface area (Å²) in [6.07, 6.45) is 2.01. The number of aromatic nitrogens is 2. The van der Waals surface area contributed by atoms with Crippen LogP contribution >= 0.6 is 0 Å². The normalized spacial score (nSPS) is 10.7. The number of nitrogens with zero attached hydrogens (tertiary/aromatic N) is 2. The van der Waals surface area contributed by atoms with Crippen LogP contribution in [0.1, 0.15) is 27.0 Å². The van der Waals surface area contributed by atoms with Gasteiger partial charge in [0.2, 0.25) is 0 Å². The molecule has 5 nitrogen and oxygen atoms in total. The van der Waals surface area contributed by atoms with Crippen molar-refractivity contribution >= 4 is 5.91 Å². The Hall–Kier alpha value is -3.70. The minimum absolute atomic E-state index is 0.118. The van der Waals surface area contributed by atoms with Crippen LogP contribution in [-0.4, -0.2) is 22.8 Å². The largest absolute Gasteiger partial charge is 0.380 e. The van der Waals surface area contributed by atoms with Crippen molar-refractivity contribution in [1.29, 1.82) is 0 Å². The lowest BCUT2D eigenvalue weighted by Gasteiger charge is -2.07. The molecule has 5 heteroatoms. The number of nitrogens with one attached hydrogen (secondary N) is 1. The maximum absolute atomic E-state index is 12.7. The topological polar surface area (TPSA) is 56.1 Å². The molecule has 1 heterocycles. The van der Waals surface area contributed by atoms with Gasteiger partial charge in [-0.1, -0.05) is 72.8 Å². The van der Waals surface area contributed by atoms with E-state index >= 15 is 0 Å². The van der Waals surface area contributed by atoms with Crippen molar-refractivity contribution in [3.05, 3.63) is 113 Å². The van der Waals surface area contributed by atoms with E-state index in [1.54, 1.807) is 7.11 Å². The van der Waals surface area contributed by atoms with Crippen LogP contribution in [0.25, 0.3) is 11.3 Å². The second-order valence-corrected chi connectivity index (χ2v) is 7.37. The Morgan fingerprint density at radius 2 is 1.65 bits per heavy atom. The Kier molecular flexibility index (Phi) is 6.55. The van der Waals surface area contributed by atoms with E-state index in [9.17, 15) is 4.79 Å². The minimum Gasteiger partial charge on any atom is -0.380 e. The van der Waals surface area contributed by atoms with Crippen LogP contribution in [0, 0.1) is 0 Å². The maximum atomic E-state index is 12.7. The summed E-state index contributed by atoms with van der Waals surface area (Å²) in [5, 5.41) is 7.85. The number of hydrogen-bond donors (Lipinski definition) is 1. The lowest BCUT2D eigenvalue weighted by atomic mass is 10.1. The van der Waals surface area contributed by atoms with Crippen molar-refractivity contribution in [2.24, 2.45) is 0 Å². The molecule has 0 saturated heterocycles. The SMILES string of the molecule is COCc1cccc(C(=O)NCc2cn(Cc3ccccc3)nc2-c2ccccc2)c1. The van der Waals surface area contributed by atoms with E-state index < -0.39 is 0 Å². The minimum atomic E-state index is -0.118. The van der Waals surface area contributed by atoms with Crippen molar-refractivity contribution in [3.8, 4) is 11.3 Å². The molecule has 0 atom stereocenters. The average molecular weight is 412 g/mol. The van der Waals surface area contributed by atoms with Crippen LogP contribution < -0.4 is 5.32 Å². The Morgan fingerprint density at radius 1 is 0.935 bits per heavy atom. The fourth-order valence-corrected chi connectivity index (χ4v) is 3.53. The van der Waals surface area contributed by atoms with Gasteiger partial charge >= 0.3 is 0 Å². The first-order valence-electron chi connectivity index (χ1n) is 10.2. The highest BCUT2D eigenvalue weighted by atomic mass is 16.5. The van der Waals surface area contributed by atoms with Gasteiger partial charge in [0.05, 0.1) is 18.8 Å². The van der Waals surface area contributed by atoms with Gasteiger partial charge in [-0.05, 0) is 23.3 Å². The van der Waals surface area contributed by atoms with E-state index in [0.29, 0.717) is 25.3 Å². The van der Waals surface area contributed by atoms with E-state index in [1.807, 2.05) is 83.7 Å². The van der Waals surface area contributed by atoms with E-state index in [1.165, 1.54) is 5.56 Å². The first-order chi connectivity index (χ1) is 15.2. The maximum Gasteiger partial charge on any atom is 0.251 e. The molecular formula is C26H25N3O2. The summed E-state index contributed by atoms with van der Waals surface area (Å²) in [4.78, 5) is 12.7. The summed E-state index contributed by atoms with van der Waals surface area (Å²) in [5.74, 6) is -0.118. The van der Waals surface area contributed by atoms with Crippen molar-refractivity contribution in [2.75, 3.05) is 7.11 Å². The number of amides is 1. The molecule has 31 heavy (non-hydrogen) atoms. The van der Waals surface area contributed by atoms with E-state index in [2.05, 4.69) is 17.4 Å². The molecule has 1 amide bonds. The van der Waals surface area contributed by atoms with Crippen LogP contribution in [0.3, 0.4) is 0 Å². The Balaban J connectivity index is 1.55. The molecule has 0 fully saturated rings. The van der Waals surface area contributed by atoms with Gasteiger partial charge in [0, 0.05) is 36.5 Å². The Labute approximate surface area is 182 Å². The third-order valence-electron chi connectivity index (χ3n) is 5.01. The molecule has 0 saturated carbocycles. The number of benzene rings is 3. The predicted octanol–water partition coefficient (Wildman–Crippen LogP) is 4.67. The fraction of sp³-hybridized carbons (Fsp3) is 0.154. The molecule has 0 bridgehead atoms. The van der Waals surface area contributed by atoms with Crippen LogP contribution in [0.2, 0.25) is 0 Å². The number of carbonyl (C=O) groups is 1. The van der Waals surface area contributed by atoms with E-state index in [0.717, 1.165) is 22.4 Å². The van der Waals surface area contributed by atoms with Gasteiger partial charge in [0.15, 0.2) is 0 Å². The predicted molar refractivity (Wildman–Crippen MR) is 122 cm³/mol. The lowest BCUT2D eigenvalue weighted by molar-refractivity contribution is 0.0950. The quantitative estimate of drug-likeness (QED) is 0.458. The molecule has 0 aliphatic heterocycles. The molecule has 4 rings (SSSR count). The van der Waals surface area contributed by atoms with Crippen molar-refractivity contribution < 1.29 is 9.53 Å². The Bertz CT molecular complexity index is 1140. The number of rotatable bonds is 8. The number of ether oxygens (including phenoxy) is 1. The molecule has 1 aromatic heterocycles. The molecule has 0 spiro atoms. The van der Waals surface area contributed by atoms with E-state index in [4.69, 9.17) is 9.84 Å². The monoisotopic (exact) mass is 411 g/mol. The van der Waals surface area contributed by atoms with Gasteiger partial charge in [0.1, 0.15) is 0 Å². The third-order valence-corrected chi connectivity index (χ3v) is 5.01. The molecule has 0 aliphatic rings. The van der Waals surface area contributed by atoms with Gasteiger partial charge in [-0.2, -0.15) is 5.10 Å². The van der Waals surface area contributed by atoms with Crippen LogP contribution in [-0.2, 0) is 24.4 Å². The lowest BCUT2D eigenvalue weighted by Crippen LogP contribution is -2.23. The van der Waals surface area contributed by atoms with Gasteiger partial charge in [0.25, 0.3) is 5.91 Å². The molecule has 1 N–H and O–H groups in total. The van der Waals surface area contributed by atoms with Crippen LogP contribution in [0.5, 0.6) is 0 Å². The number of methoxy groups -OCH3 is 1. The highest BCUT2D eigenvalue weighted by molar-refractivity contribution is 5.94. The number of carbonyl (C=O) groups excluding carboxylic acids is 1. The molecule has 0 unspecified atom stereocenters. The van der Waals surface area contributed by atoms with Gasteiger partial charge in [-0.25, -0.2) is 0 Å². The smallest absolute Gasteiger partial charge is 0.251 e. The van der Waals surface area contributed by atoms with Crippen molar-refractivity contribution in [2.45, 2.75) is 19.7 Å². The zero-order valence-electron chi connectivity index (χ0n) is 17.5. The molecule has 4 aromatic rings. The molecule has 156 valence electrons. The first-order valence-corrected chi connectivity index (χ1v) is 10.2. The van der Waals surface area contributed by atoms with Crippen molar-refractivity contribution in [3.63, 3.8) is 0 Å². The highest BCUT2D eigenvalue weighted by Gasteiger charge is 2.13. The third kappa shape index (κ3) is 5.27. The van der Waals surface area contributed by atoms with Crippen LogP contribution in [0.4, 0.5) is 0 Å². The first kappa shape index (κ1) is 20.6. The standard InChI is InChI=1S/C26H25N3O2/c1-31-19-21-11-8-14-23(15-21)26(30)27-16-24-18-29(17-20-9-4-2-5-10-20)28-25(24)22-12-6-3-7-13-22/h2-15,18H,16-17,19H2,1H3,(H,27,30). The van der Waals surface area contributed by atoms with Gasteiger partial charge in [-0.3, -0.25) is 9.48 Å². The zero-order chi connectivity index (χ0) is 21.5. The number of hydrogen-bond acceptors (Lipinski definition) is 3. The zero-order valence-corrected chi connectivity index (χ0v) is 17.5. The van der Waals surface area contributed by atoms with Crippen molar-refractivity contribution in [1.82, 2.24) is 15.1 Å². The molecule has 0 radical (unpaired) electrons. The van der Waals surface area contributed by atoms with Crippen LogP contribution in [0.15, 0.2) is 91.1 Å². The molecule has 0 aliphatic carbocycles. The Morgan fingerprint density at radius 3 is 2.39 bits per heavy atom. The van der Waals surface area contributed by atoms with Gasteiger partial charge < -0.3 is 10.1 Å². The summed E-state index contributed by atoms with van der Waals surface area (Å²) in [7, 11) is 1.64. The second-order valence-electron chi connectivity index (χ2n) is 7.37. The second kappa shape index (κ2) is 9.87. The summed E-state index contributed by atoms with van der Waals surface area (Å²) >= 11 is 0. The summed E-state index contributed by atoms with van der Waals surface area (Å²) in [6, 6.07) is 27.7. The molecular weight excluding hydrogens is 386 g/mol. The summed E-state index contributed by atoms with van der Waals surface area (Å²) < 4.78 is 7.09. The highest BCUT2D eigenvalue weighted by Crippen LogP contribution is 2.22. The van der Waals surface area contributed by atoms with Gasteiger partial charge in [-0.15, -0.1) is 0 Å². The molecule has 3 aromatic carbocycles. The van der Waals surface area contributed by atoms with E-state index in [-0.39, 0.29) is 5.91 Å².